The van der Waals surface area contributed by atoms with Crippen LogP contribution in [0.1, 0.15) is 36.4 Å². The van der Waals surface area contributed by atoms with E-state index < -0.39 is 0 Å². The van der Waals surface area contributed by atoms with Crippen molar-refractivity contribution in [3.05, 3.63) is 16.1 Å². The maximum absolute atomic E-state index is 5.62. The summed E-state index contributed by atoms with van der Waals surface area (Å²) in [5, 5.41) is 3.32. The van der Waals surface area contributed by atoms with Gasteiger partial charge in [0.1, 0.15) is 0 Å². The number of rotatable bonds is 4. The largest absolute Gasteiger partial charge is 0.378 e. The third-order valence-electron chi connectivity index (χ3n) is 2.85. The Hall–Kier alpha value is -0.450. The van der Waals surface area contributed by atoms with Crippen molar-refractivity contribution >= 4 is 11.3 Å². The molecule has 0 radical (unpaired) electrons. The lowest BCUT2D eigenvalue weighted by molar-refractivity contribution is 0.111. The van der Waals surface area contributed by atoms with Crippen molar-refractivity contribution in [3.63, 3.8) is 0 Å². The van der Waals surface area contributed by atoms with Gasteiger partial charge in [0.2, 0.25) is 0 Å². The summed E-state index contributed by atoms with van der Waals surface area (Å²) in [6, 6.07) is 0. The minimum absolute atomic E-state index is 0.375. The van der Waals surface area contributed by atoms with Crippen molar-refractivity contribution in [1.82, 2.24) is 4.98 Å². The molecule has 0 spiro atoms. The van der Waals surface area contributed by atoms with E-state index in [1.165, 1.54) is 17.8 Å². The molecular formula is C11H18N2OS. The number of nitrogens with two attached hydrogens (primary N) is 1. The van der Waals surface area contributed by atoms with E-state index in [2.05, 4.69) is 17.3 Å². The molecule has 2 heterocycles. The monoisotopic (exact) mass is 226 g/mol. The molecule has 1 aliphatic heterocycles. The van der Waals surface area contributed by atoms with Crippen molar-refractivity contribution in [3.8, 4) is 0 Å². The number of ether oxygens (including phenoxy) is 1. The Morgan fingerprint density at radius 2 is 2.60 bits per heavy atom. The normalized spacial score (nSPS) is 23.2. The van der Waals surface area contributed by atoms with E-state index in [-0.39, 0.29) is 0 Å². The predicted octanol–water partition coefficient (Wildman–Crippen LogP) is 1.93. The fraction of sp³-hybridized carbons (Fsp3) is 0.727. The number of thiazole rings is 1. The van der Waals surface area contributed by atoms with Crippen LogP contribution in [0.5, 0.6) is 0 Å². The molecule has 1 aromatic rings. The topological polar surface area (TPSA) is 48.1 Å². The minimum atomic E-state index is 0.375. The van der Waals surface area contributed by atoms with Gasteiger partial charge in [0.15, 0.2) is 0 Å². The molecule has 1 aromatic heterocycles. The number of nitrogens with zero attached hydrogens (tertiary/aromatic N) is 1. The highest BCUT2D eigenvalue weighted by atomic mass is 32.1. The standard InChI is InChI=1S/C11H18N2OS/c1-8(6-12)10-7-15-11(13-10)5-9-3-2-4-14-9/h7-9H,2-6,12H2,1H3. The summed E-state index contributed by atoms with van der Waals surface area (Å²) in [4.78, 5) is 4.60. The Bertz CT molecular complexity index is 307. The quantitative estimate of drug-likeness (QED) is 0.853. The van der Waals surface area contributed by atoms with Crippen LogP contribution >= 0.6 is 11.3 Å². The summed E-state index contributed by atoms with van der Waals surface area (Å²) in [6.07, 6.45) is 3.75. The summed E-state index contributed by atoms with van der Waals surface area (Å²) in [7, 11) is 0. The second kappa shape index (κ2) is 5.05. The highest BCUT2D eigenvalue weighted by Gasteiger charge is 2.18. The Balaban J connectivity index is 1.94. The van der Waals surface area contributed by atoms with Crippen LogP contribution in [0.4, 0.5) is 0 Å². The Morgan fingerprint density at radius 3 is 3.27 bits per heavy atom. The zero-order valence-corrected chi connectivity index (χ0v) is 9.93. The van der Waals surface area contributed by atoms with Crippen LogP contribution in [-0.2, 0) is 11.2 Å². The zero-order valence-electron chi connectivity index (χ0n) is 9.11. The van der Waals surface area contributed by atoms with Gasteiger partial charge in [-0.3, -0.25) is 0 Å². The second-order valence-corrected chi connectivity index (χ2v) is 5.08. The Morgan fingerprint density at radius 1 is 1.73 bits per heavy atom. The highest BCUT2D eigenvalue weighted by molar-refractivity contribution is 7.09. The lowest BCUT2D eigenvalue weighted by Crippen LogP contribution is -2.11. The Kier molecular flexibility index (Phi) is 3.72. The van der Waals surface area contributed by atoms with E-state index in [4.69, 9.17) is 10.5 Å². The van der Waals surface area contributed by atoms with E-state index in [0.717, 1.165) is 18.7 Å². The molecule has 0 amide bonds. The van der Waals surface area contributed by atoms with Gasteiger partial charge < -0.3 is 10.5 Å². The van der Waals surface area contributed by atoms with Crippen molar-refractivity contribution in [2.75, 3.05) is 13.2 Å². The van der Waals surface area contributed by atoms with Crippen LogP contribution < -0.4 is 5.73 Å². The van der Waals surface area contributed by atoms with Crippen molar-refractivity contribution in [1.29, 1.82) is 0 Å². The first-order valence-electron chi connectivity index (χ1n) is 5.55. The van der Waals surface area contributed by atoms with Crippen LogP contribution in [0.25, 0.3) is 0 Å². The van der Waals surface area contributed by atoms with E-state index in [9.17, 15) is 0 Å². The van der Waals surface area contributed by atoms with Crippen molar-refractivity contribution < 1.29 is 4.74 Å². The average molecular weight is 226 g/mol. The molecule has 1 aliphatic rings. The predicted molar refractivity (Wildman–Crippen MR) is 62.3 cm³/mol. The molecule has 0 aromatic carbocycles. The van der Waals surface area contributed by atoms with Crippen molar-refractivity contribution in [2.45, 2.75) is 38.2 Å². The third-order valence-corrected chi connectivity index (χ3v) is 3.74. The molecular weight excluding hydrogens is 208 g/mol. The average Bonchev–Trinajstić information content (AvgIpc) is 2.88. The van der Waals surface area contributed by atoms with Gasteiger partial charge in [-0.15, -0.1) is 11.3 Å². The molecule has 3 nitrogen and oxygen atoms in total. The second-order valence-electron chi connectivity index (χ2n) is 4.14. The van der Waals surface area contributed by atoms with E-state index in [0.29, 0.717) is 18.6 Å². The van der Waals surface area contributed by atoms with Crippen LogP contribution in [0.3, 0.4) is 0 Å². The maximum Gasteiger partial charge on any atom is 0.0954 e. The van der Waals surface area contributed by atoms with Gasteiger partial charge in [-0.25, -0.2) is 4.98 Å². The van der Waals surface area contributed by atoms with Crippen LogP contribution in [0, 0.1) is 0 Å². The van der Waals surface area contributed by atoms with E-state index >= 15 is 0 Å². The van der Waals surface area contributed by atoms with Gasteiger partial charge >= 0.3 is 0 Å². The first kappa shape index (κ1) is 11.0. The third kappa shape index (κ3) is 2.77. The van der Waals surface area contributed by atoms with Gasteiger partial charge in [0.05, 0.1) is 16.8 Å². The molecule has 84 valence electrons. The fourth-order valence-electron chi connectivity index (χ4n) is 1.77. The van der Waals surface area contributed by atoms with Crippen molar-refractivity contribution in [2.24, 2.45) is 5.73 Å². The minimum Gasteiger partial charge on any atom is -0.378 e. The molecule has 4 heteroatoms. The van der Waals surface area contributed by atoms with Gasteiger partial charge in [-0.1, -0.05) is 6.92 Å². The summed E-state index contributed by atoms with van der Waals surface area (Å²) in [5.74, 6) is 0.375. The Labute approximate surface area is 94.7 Å². The molecule has 2 N–H and O–H groups in total. The van der Waals surface area contributed by atoms with Crippen LogP contribution in [0.2, 0.25) is 0 Å². The SMILES string of the molecule is CC(CN)c1csc(CC2CCCO2)n1. The smallest absolute Gasteiger partial charge is 0.0954 e. The maximum atomic E-state index is 5.62. The van der Waals surface area contributed by atoms with Gasteiger partial charge in [0.25, 0.3) is 0 Å². The number of hydrogen-bond acceptors (Lipinski definition) is 4. The van der Waals surface area contributed by atoms with E-state index in [1.54, 1.807) is 11.3 Å². The first-order valence-corrected chi connectivity index (χ1v) is 6.43. The van der Waals surface area contributed by atoms with Gasteiger partial charge in [-0.05, 0) is 12.8 Å². The molecule has 1 fully saturated rings. The van der Waals surface area contributed by atoms with Gasteiger partial charge in [0, 0.05) is 30.9 Å². The molecule has 2 unspecified atom stereocenters. The first-order chi connectivity index (χ1) is 7.29. The lowest BCUT2D eigenvalue weighted by Gasteiger charge is -2.06. The molecule has 1 saturated heterocycles. The molecule has 0 bridgehead atoms. The number of aromatic nitrogens is 1. The summed E-state index contributed by atoms with van der Waals surface area (Å²) < 4.78 is 5.59. The molecule has 0 aliphatic carbocycles. The lowest BCUT2D eigenvalue weighted by atomic mass is 10.1. The molecule has 0 saturated carbocycles. The number of hydrogen-bond donors (Lipinski definition) is 1. The summed E-state index contributed by atoms with van der Waals surface area (Å²) >= 11 is 1.73. The van der Waals surface area contributed by atoms with E-state index in [1.807, 2.05) is 0 Å². The molecule has 2 rings (SSSR count). The zero-order chi connectivity index (χ0) is 10.7. The summed E-state index contributed by atoms with van der Waals surface area (Å²) in [6.45, 7) is 3.70. The van der Waals surface area contributed by atoms with Crippen LogP contribution in [-0.4, -0.2) is 24.2 Å². The molecule has 15 heavy (non-hydrogen) atoms. The molecule has 2 atom stereocenters. The fourth-order valence-corrected chi connectivity index (χ4v) is 2.75. The summed E-state index contributed by atoms with van der Waals surface area (Å²) in [5.41, 5.74) is 6.75. The van der Waals surface area contributed by atoms with Crippen LogP contribution in [0.15, 0.2) is 5.38 Å². The van der Waals surface area contributed by atoms with Gasteiger partial charge in [-0.2, -0.15) is 0 Å². The highest BCUT2D eigenvalue weighted by Crippen LogP contribution is 2.22.